The first-order valence-corrected chi connectivity index (χ1v) is 12.3. The van der Waals surface area contributed by atoms with Crippen LogP contribution < -0.4 is 5.32 Å². The number of rotatable bonds is 9. The number of hydrogen-bond acceptors (Lipinski definition) is 6. The third-order valence-electron chi connectivity index (χ3n) is 6.41. The lowest BCUT2D eigenvalue weighted by molar-refractivity contribution is -0.143. The molecule has 3 heterocycles. The second-order valence-electron chi connectivity index (χ2n) is 9.12. The molecule has 2 aromatic heterocycles. The Morgan fingerprint density at radius 3 is 2.70 bits per heavy atom. The minimum Gasteiger partial charge on any atom is -0.464 e. The number of aryl methyl sites for hydroxylation is 1. The summed E-state index contributed by atoms with van der Waals surface area (Å²) in [5, 5.41) is 11.2. The van der Waals surface area contributed by atoms with E-state index in [-0.39, 0.29) is 36.8 Å². The van der Waals surface area contributed by atoms with Crippen LogP contribution in [0.25, 0.3) is 11.0 Å². The number of carbonyl (C=O) groups excluding carboxylic acids is 2. The molecule has 2 amide bonds. The van der Waals surface area contributed by atoms with E-state index in [2.05, 4.69) is 15.6 Å². The molecule has 4 aromatic rings. The van der Waals surface area contributed by atoms with Crippen LogP contribution >= 0.6 is 0 Å². The van der Waals surface area contributed by atoms with Crippen LogP contribution in [-0.4, -0.2) is 51.0 Å². The van der Waals surface area contributed by atoms with E-state index in [4.69, 9.17) is 9.15 Å². The van der Waals surface area contributed by atoms with E-state index in [0.717, 1.165) is 12.8 Å². The standard InChI is InChI=1S/C27H28FN5O4/c1-18-8-13-24(37-18)26(27(35)29-15-21-5-4-14-36-21)32(16-19-9-11-20(28)12-10-19)25(34)17-33-23-7-3-2-6-22(23)30-31-33/h2-3,6-13,21,26H,4-5,14-17H2,1H3,(H,29,35). The normalized spacial score (nSPS) is 16.1. The first-order chi connectivity index (χ1) is 18.0. The van der Waals surface area contributed by atoms with Gasteiger partial charge in [-0.25, -0.2) is 9.07 Å². The van der Waals surface area contributed by atoms with Crippen molar-refractivity contribution in [3.8, 4) is 0 Å². The van der Waals surface area contributed by atoms with Gasteiger partial charge in [0.25, 0.3) is 5.91 Å². The fraction of sp³-hybridized carbons (Fsp3) is 0.333. The number of nitrogens with zero attached hydrogens (tertiary/aromatic N) is 4. The molecule has 5 rings (SSSR count). The molecule has 2 atom stereocenters. The molecule has 1 fully saturated rings. The number of furan rings is 1. The molecule has 37 heavy (non-hydrogen) atoms. The first kappa shape index (κ1) is 24.6. The quantitative estimate of drug-likeness (QED) is 0.373. The maximum absolute atomic E-state index is 13.8. The van der Waals surface area contributed by atoms with E-state index in [1.807, 2.05) is 24.3 Å². The predicted octanol–water partition coefficient (Wildman–Crippen LogP) is 3.54. The fourth-order valence-electron chi connectivity index (χ4n) is 4.50. The van der Waals surface area contributed by atoms with Gasteiger partial charge in [0.2, 0.25) is 5.91 Å². The van der Waals surface area contributed by atoms with Gasteiger partial charge in [-0.15, -0.1) is 5.10 Å². The lowest BCUT2D eigenvalue weighted by atomic mass is 10.1. The van der Waals surface area contributed by atoms with Gasteiger partial charge in [-0.1, -0.05) is 29.5 Å². The average Bonchev–Trinajstić information content (AvgIpc) is 3.66. The maximum Gasteiger partial charge on any atom is 0.250 e. The van der Waals surface area contributed by atoms with Gasteiger partial charge in [0, 0.05) is 19.7 Å². The van der Waals surface area contributed by atoms with Crippen LogP contribution in [0, 0.1) is 12.7 Å². The van der Waals surface area contributed by atoms with Crippen LogP contribution in [0.2, 0.25) is 0 Å². The summed E-state index contributed by atoms with van der Waals surface area (Å²) in [5.74, 6) is -0.192. The third-order valence-corrected chi connectivity index (χ3v) is 6.41. The van der Waals surface area contributed by atoms with Crippen molar-refractivity contribution in [2.45, 2.75) is 45.0 Å². The molecule has 0 bridgehead atoms. The largest absolute Gasteiger partial charge is 0.464 e. The van der Waals surface area contributed by atoms with Gasteiger partial charge < -0.3 is 19.4 Å². The topological polar surface area (TPSA) is 102 Å². The highest BCUT2D eigenvalue weighted by atomic mass is 19.1. The number of para-hydroxylation sites is 1. The zero-order valence-electron chi connectivity index (χ0n) is 20.5. The number of fused-ring (bicyclic) bond motifs is 1. The van der Waals surface area contributed by atoms with Crippen LogP contribution in [0.3, 0.4) is 0 Å². The lowest BCUT2D eigenvalue weighted by Gasteiger charge is -2.30. The Kier molecular flexibility index (Phi) is 7.27. The summed E-state index contributed by atoms with van der Waals surface area (Å²) in [6.45, 7) is 2.70. The Morgan fingerprint density at radius 2 is 1.97 bits per heavy atom. The molecule has 0 radical (unpaired) electrons. The van der Waals surface area contributed by atoms with Crippen molar-refractivity contribution in [3.05, 3.63) is 83.6 Å². The average molecular weight is 506 g/mol. The smallest absolute Gasteiger partial charge is 0.250 e. The number of amides is 2. The summed E-state index contributed by atoms with van der Waals surface area (Å²) < 4.78 is 26.6. The Bertz CT molecular complexity index is 1380. The Hall–Kier alpha value is -4.05. The Balaban J connectivity index is 1.47. The second-order valence-corrected chi connectivity index (χ2v) is 9.12. The molecular weight excluding hydrogens is 477 g/mol. The summed E-state index contributed by atoms with van der Waals surface area (Å²) in [4.78, 5) is 28.9. The molecule has 1 saturated heterocycles. The van der Waals surface area contributed by atoms with Gasteiger partial charge in [-0.05, 0) is 61.7 Å². The Labute approximate surface area is 213 Å². The van der Waals surface area contributed by atoms with E-state index in [9.17, 15) is 14.0 Å². The lowest BCUT2D eigenvalue weighted by Crippen LogP contribution is -2.46. The Morgan fingerprint density at radius 1 is 1.16 bits per heavy atom. The van der Waals surface area contributed by atoms with E-state index in [0.29, 0.717) is 41.3 Å². The molecule has 1 aliphatic heterocycles. The van der Waals surface area contributed by atoms with Crippen LogP contribution in [-0.2, 0) is 27.4 Å². The van der Waals surface area contributed by atoms with Gasteiger partial charge in [-0.2, -0.15) is 0 Å². The van der Waals surface area contributed by atoms with Crippen molar-refractivity contribution in [2.75, 3.05) is 13.2 Å². The number of nitrogens with one attached hydrogen (secondary N) is 1. The highest BCUT2D eigenvalue weighted by molar-refractivity contribution is 5.88. The summed E-state index contributed by atoms with van der Waals surface area (Å²) in [7, 11) is 0. The number of carbonyl (C=O) groups is 2. The van der Waals surface area contributed by atoms with Crippen molar-refractivity contribution in [2.24, 2.45) is 0 Å². The van der Waals surface area contributed by atoms with Crippen LogP contribution in [0.5, 0.6) is 0 Å². The maximum atomic E-state index is 13.8. The molecule has 0 aliphatic carbocycles. The molecule has 0 saturated carbocycles. The molecule has 1 aliphatic rings. The number of benzene rings is 2. The summed E-state index contributed by atoms with van der Waals surface area (Å²) >= 11 is 0. The van der Waals surface area contributed by atoms with Crippen molar-refractivity contribution in [1.29, 1.82) is 0 Å². The molecule has 9 nitrogen and oxygen atoms in total. The monoisotopic (exact) mass is 505 g/mol. The summed E-state index contributed by atoms with van der Waals surface area (Å²) in [6.07, 6.45) is 1.75. The number of hydrogen-bond donors (Lipinski definition) is 1. The number of halogens is 1. The summed E-state index contributed by atoms with van der Waals surface area (Å²) in [5.41, 5.74) is 2.03. The zero-order chi connectivity index (χ0) is 25.8. The number of aromatic nitrogens is 3. The van der Waals surface area contributed by atoms with Crippen LogP contribution in [0.15, 0.2) is 65.1 Å². The van der Waals surface area contributed by atoms with Crippen molar-refractivity contribution >= 4 is 22.8 Å². The first-order valence-electron chi connectivity index (χ1n) is 12.3. The highest BCUT2D eigenvalue weighted by Crippen LogP contribution is 2.27. The van der Waals surface area contributed by atoms with Gasteiger partial charge >= 0.3 is 0 Å². The van der Waals surface area contributed by atoms with Crippen LogP contribution in [0.4, 0.5) is 4.39 Å². The van der Waals surface area contributed by atoms with Crippen molar-refractivity contribution in [1.82, 2.24) is 25.2 Å². The van der Waals surface area contributed by atoms with E-state index < -0.39 is 6.04 Å². The SMILES string of the molecule is Cc1ccc(C(C(=O)NCC2CCCO2)N(Cc2ccc(F)cc2)C(=O)Cn2nnc3ccccc32)o1. The molecule has 2 aromatic carbocycles. The second kappa shape index (κ2) is 10.9. The minimum atomic E-state index is -1.05. The molecule has 10 heteroatoms. The van der Waals surface area contributed by atoms with Gasteiger partial charge in [0.1, 0.15) is 29.4 Å². The highest BCUT2D eigenvalue weighted by Gasteiger charge is 2.35. The minimum absolute atomic E-state index is 0.0590. The molecule has 192 valence electrons. The van der Waals surface area contributed by atoms with Gasteiger partial charge in [-0.3, -0.25) is 9.59 Å². The van der Waals surface area contributed by atoms with E-state index >= 15 is 0 Å². The van der Waals surface area contributed by atoms with E-state index in [1.54, 1.807) is 31.2 Å². The van der Waals surface area contributed by atoms with E-state index in [1.165, 1.54) is 21.7 Å². The predicted molar refractivity (Wildman–Crippen MR) is 133 cm³/mol. The molecule has 1 N–H and O–H groups in total. The van der Waals surface area contributed by atoms with Crippen LogP contribution in [0.1, 0.15) is 36.0 Å². The third kappa shape index (κ3) is 5.69. The van der Waals surface area contributed by atoms with Gasteiger partial charge in [0.05, 0.1) is 11.6 Å². The molecular formula is C27H28FN5O4. The molecule has 0 spiro atoms. The molecule has 2 unspecified atom stereocenters. The van der Waals surface area contributed by atoms with Gasteiger partial charge in [0.15, 0.2) is 6.04 Å². The summed E-state index contributed by atoms with van der Waals surface area (Å²) in [6, 6.07) is 15.6. The van der Waals surface area contributed by atoms with Crippen molar-refractivity contribution in [3.63, 3.8) is 0 Å². The number of ether oxygens (including phenoxy) is 1. The fourth-order valence-corrected chi connectivity index (χ4v) is 4.50. The van der Waals surface area contributed by atoms with Crippen molar-refractivity contribution < 1.29 is 23.1 Å². The zero-order valence-corrected chi connectivity index (χ0v) is 20.5.